The predicted octanol–water partition coefficient (Wildman–Crippen LogP) is 1.77. The number of hydrogen-bond donors (Lipinski definition) is 1. The Morgan fingerprint density at radius 2 is 1.48 bits per heavy atom. The Bertz CT molecular complexity index is 406. The average molecular weight is 321 g/mol. The summed E-state index contributed by atoms with van der Waals surface area (Å²) in [6.45, 7) is 4.15. The van der Waals surface area contributed by atoms with Crippen molar-refractivity contribution in [2.75, 3.05) is 32.7 Å². The number of piperidine rings is 1. The number of amides is 2. The maximum absolute atomic E-state index is 12.4. The Balaban J connectivity index is 1.36. The van der Waals surface area contributed by atoms with Crippen LogP contribution in [0.3, 0.4) is 0 Å². The molecule has 0 aromatic carbocycles. The van der Waals surface area contributed by atoms with E-state index in [2.05, 4.69) is 10.2 Å². The Labute approximate surface area is 139 Å². The van der Waals surface area contributed by atoms with Crippen LogP contribution in [0.5, 0.6) is 0 Å². The molecule has 3 fully saturated rings. The van der Waals surface area contributed by atoms with Crippen molar-refractivity contribution < 1.29 is 9.59 Å². The van der Waals surface area contributed by atoms with Gasteiger partial charge in [0.1, 0.15) is 0 Å². The van der Waals surface area contributed by atoms with Crippen LogP contribution < -0.4 is 5.32 Å². The first-order valence-corrected chi connectivity index (χ1v) is 9.53. The summed E-state index contributed by atoms with van der Waals surface area (Å²) in [5, 5.41) is 3.19. The van der Waals surface area contributed by atoms with E-state index in [1.54, 1.807) is 0 Å². The lowest BCUT2D eigenvalue weighted by Gasteiger charge is -2.33. The van der Waals surface area contributed by atoms with E-state index in [0.717, 1.165) is 64.7 Å². The molecule has 0 radical (unpaired) electrons. The van der Waals surface area contributed by atoms with E-state index in [9.17, 15) is 9.59 Å². The predicted molar refractivity (Wildman–Crippen MR) is 90.0 cm³/mol. The summed E-state index contributed by atoms with van der Waals surface area (Å²) in [5.74, 6) is 0.709. The van der Waals surface area contributed by atoms with Crippen molar-refractivity contribution in [3.8, 4) is 0 Å². The minimum absolute atomic E-state index is 0.168. The summed E-state index contributed by atoms with van der Waals surface area (Å²) in [6, 6.07) is 0.394. The molecule has 2 aliphatic heterocycles. The fourth-order valence-corrected chi connectivity index (χ4v) is 4.26. The first-order valence-electron chi connectivity index (χ1n) is 9.53. The van der Waals surface area contributed by atoms with Crippen LogP contribution in [0, 0.1) is 5.92 Å². The molecular formula is C18H31N3O2. The zero-order chi connectivity index (χ0) is 16.1. The maximum Gasteiger partial charge on any atom is 0.234 e. The molecule has 2 amide bonds. The van der Waals surface area contributed by atoms with Crippen molar-refractivity contribution in [3.05, 3.63) is 0 Å². The molecule has 23 heavy (non-hydrogen) atoms. The second kappa shape index (κ2) is 8.13. The lowest BCUT2D eigenvalue weighted by atomic mass is 9.95. The maximum atomic E-state index is 12.4. The van der Waals surface area contributed by atoms with Crippen LogP contribution in [0.1, 0.15) is 57.8 Å². The molecular weight excluding hydrogens is 290 g/mol. The van der Waals surface area contributed by atoms with Crippen LogP contribution in [0.15, 0.2) is 0 Å². The molecule has 1 N–H and O–H groups in total. The SMILES string of the molecule is O=C(CN1CCC(C(=O)N2CCCC2)CC1)NC1CCCCC1. The van der Waals surface area contributed by atoms with Crippen LogP contribution in [-0.4, -0.2) is 60.4 Å². The van der Waals surface area contributed by atoms with Gasteiger partial charge in [-0.3, -0.25) is 14.5 Å². The molecule has 2 saturated heterocycles. The van der Waals surface area contributed by atoms with Gasteiger partial charge < -0.3 is 10.2 Å². The molecule has 1 aliphatic carbocycles. The van der Waals surface area contributed by atoms with Gasteiger partial charge in [-0.15, -0.1) is 0 Å². The number of likely N-dealkylation sites (tertiary alicyclic amines) is 2. The van der Waals surface area contributed by atoms with Crippen molar-refractivity contribution in [2.45, 2.75) is 63.8 Å². The van der Waals surface area contributed by atoms with Gasteiger partial charge in [-0.05, 0) is 51.6 Å². The fourth-order valence-electron chi connectivity index (χ4n) is 4.26. The summed E-state index contributed by atoms with van der Waals surface area (Å²) in [5.41, 5.74) is 0. The first kappa shape index (κ1) is 16.7. The van der Waals surface area contributed by atoms with Crippen LogP contribution in [-0.2, 0) is 9.59 Å². The van der Waals surface area contributed by atoms with Crippen molar-refractivity contribution in [2.24, 2.45) is 5.92 Å². The van der Waals surface area contributed by atoms with Crippen molar-refractivity contribution in [1.29, 1.82) is 0 Å². The third-order valence-electron chi connectivity index (χ3n) is 5.69. The zero-order valence-corrected chi connectivity index (χ0v) is 14.3. The molecule has 2 heterocycles. The van der Waals surface area contributed by atoms with Gasteiger partial charge in [0.25, 0.3) is 0 Å². The lowest BCUT2D eigenvalue weighted by Crippen LogP contribution is -2.47. The molecule has 3 rings (SSSR count). The molecule has 3 aliphatic rings. The highest BCUT2D eigenvalue weighted by Crippen LogP contribution is 2.22. The van der Waals surface area contributed by atoms with Gasteiger partial charge in [-0.1, -0.05) is 19.3 Å². The molecule has 0 atom stereocenters. The highest BCUT2D eigenvalue weighted by Gasteiger charge is 2.30. The molecule has 0 unspecified atom stereocenters. The quantitative estimate of drug-likeness (QED) is 0.858. The van der Waals surface area contributed by atoms with Gasteiger partial charge in [0.05, 0.1) is 6.54 Å². The number of carbonyl (C=O) groups is 2. The number of nitrogens with one attached hydrogen (secondary N) is 1. The van der Waals surface area contributed by atoms with Crippen LogP contribution in [0.2, 0.25) is 0 Å². The number of carbonyl (C=O) groups excluding carboxylic acids is 2. The molecule has 0 spiro atoms. The zero-order valence-electron chi connectivity index (χ0n) is 14.3. The molecule has 0 bridgehead atoms. The average Bonchev–Trinajstić information content (AvgIpc) is 3.10. The van der Waals surface area contributed by atoms with Gasteiger partial charge >= 0.3 is 0 Å². The Kier molecular flexibility index (Phi) is 5.92. The van der Waals surface area contributed by atoms with Crippen molar-refractivity contribution in [1.82, 2.24) is 15.1 Å². The van der Waals surface area contributed by atoms with E-state index < -0.39 is 0 Å². The third-order valence-corrected chi connectivity index (χ3v) is 5.69. The van der Waals surface area contributed by atoms with Gasteiger partial charge in [-0.2, -0.15) is 0 Å². The molecule has 5 heteroatoms. The van der Waals surface area contributed by atoms with Crippen LogP contribution in [0.4, 0.5) is 0 Å². The lowest BCUT2D eigenvalue weighted by molar-refractivity contribution is -0.136. The summed E-state index contributed by atoms with van der Waals surface area (Å²) in [4.78, 5) is 28.8. The largest absolute Gasteiger partial charge is 0.352 e. The Morgan fingerprint density at radius 3 is 2.13 bits per heavy atom. The van der Waals surface area contributed by atoms with Crippen LogP contribution in [0.25, 0.3) is 0 Å². The normalized spacial score (nSPS) is 24.8. The van der Waals surface area contributed by atoms with E-state index >= 15 is 0 Å². The molecule has 0 aromatic rings. The van der Waals surface area contributed by atoms with E-state index in [1.165, 1.54) is 19.3 Å². The Hall–Kier alpha value is -1.10. The van der Waals surface area contributed by atoms with Crippen molar-refractivity contribution >= 4 is 11.8 Å². The molecule has 130 valence electrons. The van der Waals surface area contributed by atoms with Gasteiger partial charge in [-0.25, -0.2) is 0 Å². The minimum Gasteiger partial charge on any atom is -0.352 e. The second-order valence-corrected chi connectivity index (χ2v) is 7.49. The minimum atomic E-state index is 0.168. The summed E-state index contributed by atoms with van der Waals surface area (Å²) < 4.78 is 0. The van der Waals surface area contributed by atoms with E-state index in [0.29, 0.717) is 18.5 Å². The van der Waals surface area contributed by atoms with Gasteiger partial charge in [0.15, 0.2) is 0 Å². The second-order valence-electron chi connectivity index (χ2n) is 7.49. The number of nitrogens with zero attached hydrogens (tertiary/aromatic N) is 2. The first-order chi connectivity index (χ1) is 11.2. The van der Waals surface area contributed by atoms with E-state index in [1.807, 2.05) is 4.90 Å². The summed E-state index contributed by atoms with van der Waals surface area (Å²) >= 11 is 0. The number of hydrogen-bond acceptors (Lipinski definition) is 3. The summed E-state index contributed by atoms with van der Waals surface area (Å²) in [7, 11) is 0. The van der Waals surface area contributed by atoms with E-state index in [4.69, 9.17) is 0 Å². The Morgan fingerprint density at radius 1 is 0.826 bits per heavy atom. The molecule has 5 nitrogen and oxygen atoms in total. The summed E-state index contributed by atoms with van der Waals surface area (Å²) in [6.07, 6.45) is 10.2. The molecule has 1 saturated carbocycles. The fraction of sp³-hybridized carbons (Fsp3) is 0.889. The monoisotopic (exact) mass is 321 g/mol. The van der Waals surface area contributed by atoms with Crippen LogP contribution >= 0.6 is 0 Å². The smallest absolute Gasteiger partial charge is 0.234 e. The highest BCUT2D eigenvalue weighted by atomic mass is 16.2. The van der Waals surface area contributed by atoms with Gasteiger partial charge in [0, 0.05) is 25.0 Å². The van der Waals surface area contributed by atoms with Gasteiger partial charge in [0.2, 0.25) is 11.8 Å². The molecule has 0 aromatic heterocycles. The van der Waals surface area contributed by atoms with Crippen molar-refractivity contribution in [3.63, 3.8) is 0 Å². The standard InChI is InChI=1S/C18H31N3O2/c22-17(19-16-6-2-1-3-7-16)14-20-12-8-15(9-13-20)18(23)21-10-4-5-11-21/h15-16H,1-14H2,(H,19,22). The highest BCUT2D eigenvalue weighted by molar-refractivity contribution is 5.80. The van der Waals surface area contributed by atoms with E-state index in [-0.39, 0.29) is 11.8 Å². The third kappa shape index (κ3) is 4.69. The topological polar surface area (TPSA) is 52.7 Å². The number of rotatable bonds is 4.